The zero-order valence-corrected chi connectivity index (χ0v) is 23.2. The predicted molar refractivity (Wildman–Crippen MR) is 156 cm³/mol. The summed E-state index contributed by atoms with van der Waals surface area (Å²) in [6.45, 7) is 4.34. The van der Waals surface area contributed by atoms with Gasteiger partial charge in [0.15, 0.2) is 23.0 Å². The molecular formula is C33H28N4O4. The maximum Gasteiger partial charge on any atom is 0.228 e. The molecular weight excluding hydrogens is 516 g/mol. The fourth-order valence-corrected chi connectivity index (χ4v) is 5.55. The Balaban J connectivity index is 1.39. The van der Waals surface area contributed by atoms with Gasteiger partial charge in [0, 0.05) is 16.9 Å². The summed E-state index contributed by atoms with van der Waals surface area (Å²) in [6, 6.07) is 24.4. The van der Waals surface area contributed by atoms with Gasteiger partial charge in [-0.05, 0) is 54.1 Å². The third-order valence-corrected chi connectivity index (χ3v) is 7.79. The van der Waals surface area contributed by atoms with Crippen LogP contribution in [0.4, 0.5) is 0 Å². The van der Waals surface area contributed by atoms with Gasteiger partial charge in [-0.15, -0.1) is 5.10 Å². The molecule has 0 radical (unpaired) electrons. The summed E-state index contributed by atoms with van der Waals surface area (Å²) >= 11 is 0. The van der Waals surface area contributed by atoms with E-state index in [1.807, 2.05) is 49.4 Å². The van der Waals surface area contributed by atoms with Gasteiger partial charge in [-0.2, -0.15) is 0 Å². The van der Waals surface area contributed by atoms with Gasteiger partial charge in [-0.25, -0.2) is 14.5 Å². The Kier molecular flexibility index (Phi) is 5.96. The molecule has 0 unspecified atom stereocenters. The summed E-state index contributed by atoms with van der Waals surface area (Å²) in [5.74, 6) is 3.70. The van der Waals surface area contributed by atoms with E-state index < -0.39 is 0 Å². The molecule has 0 aliphatic carbocycles. The minimum atomic E-state index is -0.244. The quantitative estimate of drug-likeness (QED) is 0.228. The van der Waals surface area contributed by atoms with Crippen LogP contribution in [0.3, 0.4) is 0 Å². The van der Waals surface area contributed by atoms with E-state index in [1.54, 1.807) is 25.1 Å². The Morgan fingerprint density at radius 2 is 1.73 bits per heavy atom. The lowest BCUT2D eigenvalue weighted by Gasteiger charge is -2.29. The molecule has 41 heavy (non-hydrogen) atoms. The van der Waals surface area contributed by atoms with Crippen LogP contribution in [0.25, 0.3) is 16.4 Å². The van der Waals surface area contributed by atoms with E-state index in [4.69, 9.17) is 34.0 Å². The summed E-state index contributed by atoms with van der Waals surface area (Å²) in [4.78, 5) is 9.64. The van der Waals surface area contributed by atoms with Crippen LogP contribution in [-0.4, -0.2) is 33.8 Å². The smallest absolute Gasteiger partial charge is 0.228 e. The molecule has 0 saturated heterocycles. The molecule has 3 heterocycles. The Morgan fingerprint density at radius 1 is 0.878 bits per heavy atom. The van der Waals surface area contributed by atoms with Gasteiger partial charge in [0.2, 0.25) is 5.88 Å². The van der Waals surface area contributed by atoms with Gasteiger partial charge in [0.25, 0.3) is 0 Å². The van der Waals surface area contributed by atoms with Crippen molar-refractivity contribution in [2.24, 2.45) is 0 Å². The van der Waals surface area contributed by atoms with Crippen LogP contribution in [0, 0.1) is 13.8 Å². The van der Waals surface area contributed by atoms with E-state index >= 15 is 0 Å². The fourth-order valence-electron chi connectivity index (χ4n) is 5.55. The highest BCUT2D eigenvalue weighted by Crippen LogP contribution is 2.51. The molecule has 0 saturated carbocycles. The minimum absolute atomic E-state index is 0.226. The number of methoxy groups -OCH3 is 2. The Morgan fingerprint density at radius 3 is 2.59 bits per heavy atom. The van der Waals surface area contributed by atoms with E-state index in [1.165, 1.54) is 5.56 Å². The molecule has 1 aliphatic rings. The average molecular weight is 545 g/mol. The van der Waals surface area contributed by atoms with Crippen molar-refractivity contribution in [3.8, 4) is 28.9 Å². The van der Waals surface area contributed by atoms with E-state index in [-0.39, 0.29) is 12.5 Å². The molecule has 2 aromatic heterocycles. The summed E-state index contributed by atoms with van der Waals surface area (Å²) in [5.41, 5.74) is 5.76. The highest BCUT2D eigenvalue weighted by atomic mass is 16.5. The van der Waals surface area contributed by atoms with Gasteiger partial charge in [0.1, 0.15) is 24.4 Å². The van der Waals surface area contributed by atoms with Crippen molar-refractivity contribution in [2.45, 2.75) is 26.4 Å². The summed E-state index contributed by atoms with van der Waals surface area (Å²) in [7, 11) is 3.27. The van der Waals surface area contributed by atoms with Crippen molar-refractivity contribution < 1.29 is 18.9 Å². The third kappa shape index (κ3) is 4.10. The molecule has 204 valence electrons. The molecule has 4 aromatic carbocycles. The molecule has 6 aromatic rings. The van der Waals surface area contributed by atoms with Crippen molar-refractivity contribution in [1.82, 2.24) is 19.6 Å². The standard InChI is InChI=1S/C33H28N4O4/c1-19-8-7-11-25(20(19)2)40-17-28-35-32-30-29(22-13-15-26(38-3)27(16-22)39-4)24-14-12-21-9-5-6-10-23(21)31(24)41-33(30)34-18-37(32)36-28/h5-16,18,29H,17H2,1-4H3/t29-/m1/s1. The first-order valence-electron chi connectivity index (χ1n) is 13.4. The highest BCUT2D eigenvalue weighted by Gasteiger charge is 2.34. The predicted octanol–water partition coefficient (Wildman–Crippen LogP) is 6.78. The van der Waals surface area contributed by atoms with E-state index in [9.17, 15) is 0 Å². The average Bonchev–Trinajstić information content (AvgIpc) is 3.43. The second-order valence-electron chi connectivity index (χ2n) is 10.1. The van der Waals surface area contributed by atoms with E-state index in [2.05, 4.69) is 37.3 Å². The molecule has 0 fully saturated rings. The van der Waals surface area contributed by atoms with Crippen LogP contribution in [0.1, 0.15) is 39.6 Å². The SMILES string of the molecule is COc1ccc([C@@H]2c3ccc4ccccc4c3Oc3ncn4nc(COc5cccc(C)c5C)nc4c32)cc1OC. The molecule has 1 atom stereocenters. The van der Waals surface area contributed by atoms with Crippen molar-refractivity contribution >= 4 is 16.4 Å². The molecule has 1 aliphatic heterocycles. The van der Waals surface area contributed by atoms with Crippen LogP contribution in [-0.2, 0) is 6.61 Å². The lowest BCUT2D eigenvalue weighted by atomic mass is 9.82. The maximum absolute atomic E-state index is 6.54. The van der Waals surface area contributed by atoms with Crippen LogP contribution in [0.2, 0.25) is 0 Å². The lowest BCUT2D eigenvalue weighted by molar-refractivity contribution is 0.294. The van der Waals surface area contributed by atoms with Crippen LogP contribution >= 0.6 is 0 Å². The molecule has 8 heteroatoms. The van der Waals surface area contributed by atoms with Crippen molar-refractivity contribution in [1.29, 1.82) is 0 Å². The number of rotatable bonds is 6. The Labute approximate surface area is 237 Å². The number of aromatic nitrogens is 4. The first kappa shape index (κ1) is 24.9. The Hall–Kier alpha value is -5.11. The van der Waals surface area contributed by atoms with Gasteiger partial charge in [-0.3, -0.25) is 0 Å². The summed E-state index contributed by atoms with van der Waals surface area (Å²) in [6.07, 6.45) is 1.64. The third-order valence-electron chi connectivity index (χ3n) is 7.79. The first-order valence-corrected chi connectivity index (χ1v) is 13.4. The summed E-state index contributed by atoms with van der Waals surface area (Å²) < 4.78 is 25.6. The van der Waals surface area contributed by atoms with Crippen molar-refractivity contribution in [3.63, 3.8) is 0 Å². The number of hydrogen-bond acceptors (Lipinski definition) is 7. The van der Waals surface area contributed by atoms with Gasteiger partial charge in [-0.1, -0.05) is 54.6 Å². The fraction of sp³-hybridized carbons (Fsp3) is 0.182. The zero-order valence-electron chi connectivity index (χ0n) is 23.2. The van der Waals surface area contributed by atoms with Crippen LogP contribution in [0.15, 0.2) is 79.1 Å². The normalized spacial score (nSPS) is 13.9. The van der Waals surface area contributed by atoms with Crippen LogP contribution in [0.5, 0.6) is 28.9 Å². The zero-order chi connectivity index (χ0) is 28.1. The highest BCUT2D eigenvalue weighted by molar-refractivity contribution is 5.91. The molecule has 0 bridgehead atoms. The van der Waals surface area contributed by atoms with Crippen LogP contribution < -0.4 is 18.9 Å². The monoisotopic (exact) mass is 544 g/mol. The van der Waals surface area contributed by atoms with E-state index in [0.717, 1.165) is 44.5 Å². The number of aryl methyl sites for hydroxylation is 1. The maximum atomic E-state index is 6.54. The molecule has 0 amide bonds. The minimum Gasteiger partial charge on any atom is -0.493 e. The van der Waals surface area contributed by atoms with E-state index in [0.29, 0.717) is 28.9 Å². The number of fused-ring (bicyclic) bond motifs is 6. The van der Waals surface area contributed by atoms with Crippen molar-refractivity contribution in [2.75, 3.05) is 14.2 Å². The van der Waals surface area contributed by atoms with Gasteiger partial charge in [0.05, 0.1) is 19.8 Å². The number of hydrogen-bond donors (Lipinski definition) is 0. The number of benzene rings is 4. The number of nitrogens with zero attached hydrogens (tertiary/aromatic N) is 4. The summed E-state index contributed by atoms with van der Waals surface area (Å²) in [5, 5.41) is 6.81. The van der Waals surface area contributed by atoms with Crippen molar-refractivity contribution in [3.05, 3.63) is 113 Å². The van der Waals surface area contributed by atoms with Gasteiger partial charge < -0.3 is 18.9 Å². The molecule has 7 rings (SSSR count). The Bertz CT molecular complexity index is 1950. The molecule has 8 nitrogen and oxygen atoms in total. The largest absolute Gasteiger partial charge is 0.493 e. The lowest BCUT2D eigenvalue weighted by Crippen LogP contribution is -2.15. The molecule has 0 spiro atoms. The van der Waals surface area contributed by atoms with Gasteiger partial charge >= 0.3 is 0 Å². The topological polar surface area (TPSA) is 80.0 Å². The second-order valence-corrected chi connectivity index (χ2v) is 10.1. The second kappa shape index (κ2) is 9.82. The first-order chi connectivity index (χ1) is 20.1. The number of ether oxygens (including phenoxy) is 4. The molecule has 0 N–H and O–H groups in total.